The smallest absolute Gasteiger partial charge is 0.0811 e. The molecule has 0 aromatic heterocycles. The number of aliphatic hydroxyl groups excluding tert-OH is 2. The predicted octanol–water partition coefficient (Wildman–Crippen LogP) is 2.12. The number of allylic oxidation sites excluding steroid dienone is 2. The Morgan fingerprint density at radius 2 is 1.13 bits per heavy atom. The fraction of sp³-hybridized carbons (Fsp3) is 0.833. The first-order valence-electron chi connectivity index (χ1n) is 5.45. The van der Waals surface area contributed by atoms with Gasteiger partial charge in [0.05, 0.1) is 24.4 Å². The molecule has 0 spiro atoms. The van der Waals surface area contributed by atoms with E-state index in [9.17, 15) is 0 Å². The third-order valence-electron chi connectivity index (χ3n) is 2.05. The fourth-order valence-corrected chi connectivity index (χ4v) is 0.293. The van der Waals surface area contributed by atoms with Crippen LogP contribution < -0.4 is 0 Å². The summed E-state index contributed by atoms with van der Waals surface area (Å²) in [5.74, 6) is 0. The van der Waals surface area contributed by atoms with Crippen LogP contribution in [0, 0.1) is 0 Å². The van der Waals surface area contributed by atoms with E-state index < -0.39 is 12.2 Å². The minimum absolute atomic E-state index is 0.551. The number of hydrogen-bond acceptors (Lipinski definition) is 3. The highest BCUT2D eigenvalue weighted by Crippen LogP contribution is 2.18. The van der Waals surface area contributed by atoms with E-state index in [-0.39, 0.29) is 0 Å². The van der Waals surface area contributed by atoms with E-state index in [4.69, 9.17) is 14.9 Å². The Morgan fingerprint density at radius 3 is 1.13 bits per heavy atom. The minimum atomic E-state index is -0.593. The predicted molar refractivity (Wildman–Crippen MR) is 63.9 cm³/mol. The van der Waals surface area contributed by atoms with Crippen molar-refractivity contribution in [3.8, 4) is 0 Å². The van der Waals surface area contributed by atoms with Crippen molar-refractivity contribution in [2.75, 3.05) is 0 Å². The topological polar surface area (TPSA) is 53.0 Å². The molecule has 0 aromatic rings. The lowest BCUT2D eigenvalue weighted by Crippen LogP contribution is -2.17. The molecule has 1 saturated heterocycles. The second-order valence-corrected chi connectivity index (χ2v) is 3.69. The zero-order valence-corrected chi connectivity index (χ0v) is 10.8. The van der Waals surface area contributed by atoms with Gasteiger partial charge in [-0.3, -0.25) is 0 Å². The van der Waals surface area contributed by atoms with Gasteiger partial charge in [-0.2, -0.15) is 0 Å². The Balaban J connectivity index is 0. The Kier molecular flexibility index (Phi) is 11.5. The molecule has 0 aromatic carbocycles. The van der Waals surface area contributed by atoms with Gasteiger partial charge in [-0.1, -0.05) is 12.2 Å². The van der Waals surface area contributed by atoms with Crippen LogP contribution in [0.15, 0.2) is 12.2 Å². The van der Waals surface area contributed by atoms with Gasteiger partial charge in [0.2, 0.25) is 0 Å². The molecule has 0 radical (unpaired) electrons. The summed E-state index contributed by atoms with van der Waals surface area (Å²) in [5, 5.41) is 16.8. The summed E-state index contributed by atoms with van der Waals surface area (Å²) in [5.41, 5.74) is 0. The first-order chi connectivity index (χ1) is 6.86. The first-order valence-corrected chi connectivity index (χ1v) is 5.45. The van der Waals surface area contributed by atoms with Crippen molar-refractivity contribution in [3.63, 3.8) is 0 Å². The highest BCUT2D eigenvalue weighted by Gasteiger charge is 2.27. The SMILES string of the molecule is C/C=C/C.CC(O)C(C)O.CC1OC1C. The number of rotatable bonds is 1. The standard InChI is InChI=1S/C4H10O2.C4H8O.C4H8/c1-3(5)4(2)6;1-3-4(2)5-3;1-3-4-2/h3-6H,1-2H3;3-4H,1-2H3;3-4H,1-2H3/b;;4-3+. The number of ether oxygens (including phenoxy) is 1. The average molecular weight is 218 g/mol. The third kappa shape index (κ3) is 16.3. The van der Waals surface area contributed by atoms with Crippen LogP contribution in [-0.4, -0.2) is 34.6 Å². The summed E-state index contributed by atoms with van der Waals surface area (Å²) in [7, 11) is 0. The van der Waals surface area contributed by atoms with Crippen LogP contribution in [0.4, 0.5) is 0 Å². The Bertz CT molecular complexity index is 137. The third-order valence-corrected chi connectivity index (χ3v) is 2.05. The van der Waals surface area contributed by atoms with E-state index >= 15 is 0 Å². The quantitative estimate of drug-likeness (QED) is 0.523. The molecule has 4 unspecified atom stereocenters. The second-order valence-electron chi connectivity index (χ2n) is 3.69. The van der Waals surface area contributed by atoms with Gasteiger partial charge in [0.15, 0.2) is 0 Å². The molecule has 4 atom stereocenters. The highest BCUT2D eigenvalue weighted by atomic mass is 16.6. The van der Waals surface area contributed by atoms with E-state index in [0.29, 0.717) is 12.2 Å². The molecule has 2 N–H and O–H groups in total. The summed E-state index contributed by atoms with van der Waals surface area (Å²) >= 11 is 0. The molecule has 1 fully saturated rings. The zero-order chi connectivity index (χ0) is 12.4. The van der Waals surface area contributed by atoms with Crippen LogP contribution in [0.25, 0.3) is 0 Å². The number of epoxide rings is 1. The maximum absolute atomic E-state index is 8.38. The van der Waals surface area contributed by atoms with Gasteiger partial charge in [0.1, 0.15) is 0 Å². The molecule has 0 saturated carbocycles. The maximum Gasteiger partial charge on any atom is 0.0811 e. The van der Waals surface area contributed by atoms with E-state index in [2.05, 4.69) is 13.8 Å². The van der Waals surface area contributed by atoms with Crippen LogP contribution in [0.1, 0.15) is 41.5 Å². The summed E-state index contributed by atoms with van der Waals surface area (Å²) in [6.07, 6.45) is 3.92. The molecule has 0 amide bonds. The lowest BCUT2D eigenvalue weighted by Gasteiger charge is -2.03. The second kappa shape index (κ2) is 10.1. The van der Waals surface area contributed by atoms with Crippen LogP contribution in [-0.2, 0) is 4.74 Å². The Labute approximate surface area is 93.8 Å². The van der Waals surface area contributed by atoms with Gasteiger partial charge < -0.3 is 14.9 Å². The summed E-state index contributed by atoms with van der Waals surface area (Å²) in [4.78, 5) is 0. The lowest BCUT2D eigenvalue weighted by atomic mass is 10.3. The highest BCUT2D eigenvalue weighted by molar-refractivity contribution is 4.73. The molecular formula is C12H26O3. The van der Waals surface area contributed by atoms with Crippen molar-refractivity contribution < 1.29 is 14.9 Å². The molecule has 1 heterocycles. The molecule has 15 heavy (non-hydrogen) atoms. The van der Waals surface area contributed by atoms with Crippen molar-refractivity contribution in [3.05, 3.63) is 12.2 Å². The Hall–Kier alpha value is -0.380. The van der Waals surface area contributed by atoms with Gasteiger partial charge in [0.25, 0.3) is 0 Å². The van der Waals surface area contributed by atoms with Crippen LogP contribution in [0.2, 0.25) is 0 Å². The Morgan fingerprint density at radius 1 is 0.933 bits per heavy atom. The minimum Gasteiger partial charge on any atom is -0.391 e. The monoisotopic (exact) mass is 218 g/mol. The molecule has 92 valence electrons. The van der Waals surface area contributed by atoms with Gasteiger partial charge in [-0.05, 0) is 41.5 Å². The normalized spacial score (nSPS) is 26.9. The largest absolute Gasteiger partial charge is 0.391 e. The van der Waals surface area contributed by atoms with Gasteiger partial charge >= 0.3 is 0 Å². The van der Waals surface area contributed by atoms with Crippen molar-refractivity contribution in [1.82, 2.24) is 0 Å². The first kappa shape index (κ1) is 17.0. The van der Waals surface area contributed by atoms with Crippen LogP contribution in [0.3, 0.4) is 0 Å². The maximum atomic E-state index is 8.38. The van der Waals surface area contributed by atoms with Crippen molar-refractivity contribution >= 4 is 0 Å². The number of aliphatic hydroxyl groups is 2. The van der Waals surface area contributed by atoms with E-state index in [1.807, 2.05) is 26.0 Å². The molecule has 1 rings (SSSR count). The zero-order valence-electron chi connectivity index (χ0n) is 10.8. The van der Waals surface area contributed by atoms with Crippen molar-refractivity contribution in [2.24, 2.45) is 0 Å². The summed E-state index contributed by atoms with van der Waals surface area (Å²) in [6.45, 7) is 11.2. The summed E-state index contributed by atoms with van der Waals surface area (Å²) in [6, 6.07) is 0. The summed E-state index contributed by atoms with van der Waals surface area (Å²) < 4.78 is 4.92. The van der Waals surface area contributed by atoms with Gasteiger partial charge in [0, 0.05) is 0 Å². The molecule has 1 aliphatic heterocycles. The van der Waals surface area contributed by atoms with Gasteiger partial charge in [-0.15, -0.1) is 0 Å². The van der Waals surface area contributed by atoms with Gasteiger partial charge in [-0.25, -0.2) is 0 Å². The number of hydrogen-bond donors (Lipinski definition) is 2. The van der Waals surface area contributed by atoms with E-state index in [0.717, 1.165) is 0 Å². The van der Waals surface area contributed by atoms with E-state index in [1.165, 1.54) is 0 Å². The molecule has 0 aliphatic carbocycles. The fourth-order valence-electron chi connectivity index (χ4n) is 0.293. The molecule has 0 bridgehead atoms. The van der Waals surface area contributed by atoms with Crippen molar-refractivity contribution in [1.29, 1.82) is 0 Å². The van der Waals surface area contributed by atoms with E-state index in [1.54, 1.807) is 13.8 Å². The lowest BCUT2D eigenvalue weighted by molar-refractivity contribution is 0.0438. The molecule has 1 aliphatic rings. The van der Waals surface area contributed by atoms with Crippen LogP contribution in [0.5, 0.6) is 0 Å². The van der Waals surface area contributed by atoms with Crippen molar-refractivity contribution in [2.45, 2.75) is 66.0 Å². The average Bonchev–Trinajstić information content (AvgIpc) is 2.81. The van der Waals surface area contributed by atoms with Crippen LogP contribution >= 0.6 is 0 Å². The molecule has 3 nitrogen and oxygen atoms in total. The molecular weight excluding hydrogens is 192 g/mol. The molecule has 3 heteroatoms.